The van der Waals surface area contributed by atoms with Crippen LogP contribution in [0, 0.1) is 15.9 Å². The number of alkyl halides is 2. The molecule has 6 nitrogen and oxygen atoms in total. The Hall–Kier alpha value is -2.16. The Morgan fingerprint density at radius 1 is 1.50 bits per heavy atom. The second kappa shape index (κ2) is 5.08. The molecule has 1 aliphatic heterocycles. The summed E-state index contributed by atoms with van der Waals surface area (Å²) >= 11 is 0. The summed E-state index contributed by atoms with van der Waals surface area (Å²) in [6, 6.07) is 2.36. The molecule has 0 saturated carbocycles. The minimum atomic E-state index is -3.13. The summed E-state index contributed by atoms with van der Waals surface area (Å²) in [5, 5.41) is 10.7. The van der Waals surface area contributed by atoms with Crippen molar-refractivity contribution in [3.8, 4) is 0 Å². The van der Waals surface area contributed by atoms with Crippen LogP contribution in [0.5, 0.6) is 0 Å². The first kappa shape index (κ1) is 14.3. The highest BCUT2D eigenvalue weighted by molar-refractivity contribution is 5.82. The second-order valence-electron chi connectivity index (χ2n) is 4.24. The van der Waals surface area contributed by atoms with E-state index < -0.39 is 40.6 Å². The molecule has 0 bridgehead atoms. The maximum atomic E-state index is 13.8. The smallest absolute Gasteiger partial charge is 0.270 e. The van der Waals surface area contributed by atoms with E-state index >= 15 is 0 Å². The Labute approximate surface area is 111 Å². The number of benzene rings is 1. The molecule has 9 heteroatoms. The number of amidine groups is 1. The number of nitrogens with two attached hydrogens (primary N) is 1. The molecule has 0 fully saturated rings. The molecule has 0 aliphatic carbocycles. The molecular weight excluding hydrogens is 279 g/mol. The van der Waals surface area contributed by atoms with Gasteiger partial charge in [-0.25, -0.2) is 13.2 Å². The van der Waals surface area contributed by atoms with E-state index in [-0.39, 0.29) is 12.4 Å². The quantitative estimate of drug-likeness (QED) is 0.675. The molecule has 1 aromatic carbocycles. The summed E-state index contributed by atoms with van der Waals surface area (Å²) in [7, 11) is 0. The highest BCUT2D eigenvalue weighted by Crippen LogP contribution is 2.38. The molecule has 1 aliphatic rings. The molecule has 0 saturated heterocycles. The predicted molar refractivity (Wildman–Crippen MR) is 63.2 cm³/mol. The van der Waals surface area contributed by atoms with Crippen LogP contribution in [0.1, 0.15) is 5.56 Å². The van der Waals surface area contributed by atoms with Crippen molar-refractivity contribution in [1.29, 1.82) is 0 Å². The van der Waals surface area contributed by atoms with Crippen molar-refractivity contribution in [1.82, 2.24) is 0 Å². The number of nitro benzene ring substituents is 1. The van der Waals surface area contributed by atoms with Gasteiger partial charge in [0, 0.05) is 17.7 Å². The number of nitrogens with zero attached hydrogens (tertiary/aromatic N) is 2. The van der Waals surface area contributed by atoms with Gasteiger partial charge in [-0.15, -0.1) is 0 Å². The van der Waals surface area contributed by atoms with Crippen molar-refractivity contribution in [2.45, 2.75) is 12.0 Å². The summed E-state index contributed by atoms with van der Waals surface area (Å²) in [4.78, 5) is 13.5. The van der Waals surface area contributed by atoms with Crippen LogP contribution >= 0.6 is 0 Å². The minimum absolute atomic E-state index is 0.148. The summed E-state index contributed by atoms with van der Waals surface area (Å²) in [5.41, 5.74) is 1.89. The van der Waals surface area contributed by atoms with Crippen LogP contribution < -0.4 is 5.73 Å². The van der Waals surface area contributed by atoms with Gasteiger partial charge in [0.25, 0.3) is 12.1 Å². The van der Waals surface area contributed by atoms with Crippen LogP contribution in [0.2, 0.25) is 0 Å². The molecule has 1 atom stereocenters. The fraction of sp³-hybridized carbons (Fsp3) is 0.364. The Morgan fingerprint density at radius 3 is 2.75 bits per heavy atom. The van der Waals surface area contributed by atoms with Crippen LogP contribution in [-0.2, 0) is 10.3 Å². The third kappa shape index (κ3) is 2.31. The lowest BCUT2D eigenvalue weighted by Gasteiger charge is -2.32. The van der Waals surface area contributed by atoms with Crippen LogP contribution in [-0.4, -0.2) is 30.4 Å². The fourth-order valence-corrected chi connectivity index (χ4v) is 1.96. The number of hydrogen-bond acceptors (Lipinski definition) is 5. The van der Waals surface area contributed by atoms with Crippen molar-refractivity contribution in [3.63, 3.8) is 0 Å². The number of ether oxygens (including phenoxy) is 1. The van der Waals surface area contributed by atoms with Crippen molar-refractivity contribution in [3.05, 3.63) is 39.7 Å². The number of nitro groups is 1. The van der Waals surface area contributed by atoms with Crippen molar-refractivity contribution in [2.24, 2.45) is 10.7 Å². The van der Waals surface area contributed by atoms with E-state index in [2.05, 4.69) is 4.99 Å². The van der Waals surface area contributed by atoms with E-state index in [0.29, 0.717) is 0 Å². The molecule has 108 valence electrons. The number of hydrogen-bond donors (Lipinski definition) is 1. The summed E-state index contributed by atoms with van der Waals surface area (Å²) in [5.74, 6) is -1.25. The van der Waals surface area contributed by atoms with Gasteiger partial charge >= 0.3 is 0 Å². The topological polar surface area (TPSA) is 90.8 Å². The zero-order valence-corrected chi connectivity index (χ0v) is 10.1. The summed E-state index contributed by atoms with van der Waals surface area (Å²) < 4.78 is 45.5. The Bertz CT molecular complexity index is 579. The van der Waals surface area contributed by atoms with Crippen LogP contribution in [0.3, 0.4) is 0 Å². The standard InChI is InChI=1S/C11H10F3N3O3/c12-8-2-1-6(17(18)19)3-7(8)11(10(13)14)5-20-4-9(15)16-11/h1-3,10H,4-5H2,(H2,15,16). The van der Waals surface area contributed by atoms with Gasteiger partial charge in [0.1, 0.15) is 18.3 Å². The predicted octanol–water partition coefficient (Wildman–Crippen LogP) is 1.58. The number of halogens is 3. The van der Waals surface area contributed by atoms with Gasteiger partial charge in [-0.1, -0.05) is 0 Å². The molecular formula is C11H10F3N3O3. The molecule has 0 aromatic heterocycles. The van der Waals surface area contributed by atoms with E-state index in [1.54, 1.807) is 0 Å². The average molecular weight is 289 g/mol. The van der Waals surface area contributed by atoms with Gasteiger partial charge in [-0.05, 0) is 6.07 Å². The van der Waals surface area contributed by atoms with Crippen molar-refractivity contribution in [2.75, 3.05) is 13.2 Å². The summed E-state index contributed by atoms with van der Waals surface area (Å²) in [6.45, 7) is -0.755. The Morgan fingerprint density at radius 2 is 2.20 bits per heavy atom. The van der Waals surface area contributed by atoms with Crippen molar-refractivity contribution >= 4 is 11.5 Å². The molecule has 20 heavy (non-hydrogen) atoms. The van der Waals surface area contributed by atoms with Gasteiger partial charge in [0.2, 0.25) is 0 Å². The molecule has 2 N–H and O–H groups in total. The van der Waals surface area contributed by atoms with E-state index in [1.165, 1.54) is 0 Å². The van der Waals surface area contributed by atoms with Crippen LogP contribution in [0.25, 0.3) is 0 Å². The average Bonchev–Trinajstić information content (AvgIpc) is 2.38. The second-order valence-corrected chi connectivity index (χ2v) is 4.24. The fourth-order valence-electron chi connectivity index (χ4n) is 1.96. The number of rotatable bonds is 3. The normalized spacial score (nSPS) is 22.7. The number of aliphatic imine (C=N–C) groups is 1. The molecule has 0 amide bonds. The van der Waals surface area contributed by atoms with E-state index in [0.717, 1.165) is 18.2 Å². The minimum Gasteiger partial charge on any atom is -0.385 e. The lowest BCUT2D eigenvalue weighted by atomic mass is 9.90. The largest absolute Gasteiger partial charge is 0.385 e. The zero-order valence-electron chi connectivity index (χ0n) is 10.1. The van der Waals surface area contributed by atoms with Gasteiger partial charge in [0.15, 0.2) is 5.54 Å². The lowest BCUT2D eigenvalue weighted by molar-refractivity contribution is -0.385. The first-order valence-electron chi connectivity index (χ1n) is 5.51. The SMILES string of the molecule is NC1=NC(c2cc([N+](=O)[O-])ccc2F)(C(F)F)COC1. The molecule has 0 radical (unpaired) electrons. The lowest BCUT2D eigenvalue weighted by Crippen LogP contribution is -2.45. The van der Waals surface area contributed by atoms with Gasteiger partial charge in [-0.3, -0.25) is 15.1 Å². The molecule has 1 unspecified atom stereocenters. The third-order valence-electron chi connectivity index (χ3n) is 2.90. The van der Waals surface area contributed by atoms with Gasteiger partial charge in [0.05, 0.1) is 11.5 Å². The van der Waals surface area contributed by atoms with Crippen LogP contribution in [0.15, 0.2) is 23.2 Å². The van der Waals surface area contributed by atoms with Gasteiger partial charge in [-0.2, -0.15) is 0 Å². The zero-order chi connectivity index (χ0) is 14.9. The van der Waals surface area contributed by atoms with Gasteiger partial charge < -0.3 is 10.5 Å². The monoisotopic (exact) mass is 289 g/mol. The molecule has 1 aromatic rings. The molecule has 2 rings (SSSR count). The first-order valence-corrected chi connectivity index (χ1v) is 5.51. The molecule has 1 heterocycles. The Balaban J connectivity index is 2.64. The van der Waals surface area contributed by atoms with Crippen molar-refractivity contribution < 1.29 is 22.8 Å². The molecule has 0 spiro atoms. The highest BCUT2D eigenvalue weighted by atomic mass is 19.3. The van der Waals surface area contributed by atoms with E-state index in [4.69, 9.17) is 10.5 Å². The van der Waals surface area contributed by atoms with E-state index in [9.17, 15) is 23.3 Å². The third-order valence-corrected chi connectivity index (χ3v) is 2.90. The van der Waals surface area contributed by atoms with Crippen LogP contribution in [0.4, 0.5) is 18.9 Å². The Kier molecular flexibility index (Phi) is 3.62. The maximum Gasteiger partial charge on any atom is 0.270 e. The highest BCUT2D eigenvalue weighted by Gasteiger charge is 2.46. The first-order chi connectivity index (χ1) is 9.36. The van der Waals surface area contributed by atoms with E-state index in [1.807, 2.05) is 0 Å². The summed E-state index contributed by atoms with van der Waals surface area (Å²) in [6.07, 6.45) is -3.13. The number of non-ortho nitro benzene ring substituents is 1. The maximum absolute atomic E-state index is 13.8.